The largest absolute Gasteiger partial charge is 0.354 e. The van der Waals surface area contributed by atoms with Crippen LogP contribution in [-0.2, 0) is 32.6 Å². The fourth-order valence-corrected chi connectivity index (χ4v) is 7.11. The van der Waals surface area contributed by atoms with Crippen molar-refractivity contribution in [2.45, 2.75) is 58.5 Å². The van der Waals surface area contributed by atoms with Crippen LogP contribution in [0.5, 0.6) is 0 Å². The molecule has 4 aromatic rings. The average molecular weight is 705 g/mol. The van der Waals surface area contributed by atoms with Crippen LogP contribution in [0.25, 0.3) is 0 Å². The summed E-state index contributed by atoms with van der Waals surface area (Å²) in [5.41, 5.74) is 4.73. The molecule has 0 radical (unpaired) electrons. The van der Waals surface area contributed by atoms with E-state index in [4.69, 9.17) is 0 Å². The van der Waals surface area contributed by atoms with Crippen molar-refractivity contribution in [3.63, 3.8) is 0 Å². The maximum Gasteiger partial charge on any atom is 0.264 e. The van der Waals surface area contributed by atoms with Gasteiger partial charge in [0.15, 0.2) is 0 Å². The molecule has 1 unspecified atom stereocenters. The van der Waals surface area contributed by atoms with E-state index in [0.717, 1.165) is 32.3 Å². The molecule has 0 fully saturated rings. The minimum Gasteiger partial charge on any atom is -0.354 e. The number of anilines is 1. The summed E-state index contributed by atoms with van der Waals surface area (Å²) in [7, 11) is -4.16. The second-order valence-electron chi connectivity index (χ2n) is 12.2. The third-order valence-corrected chi connectivity index (χ3v) is 9.86. The molecule has 2 amide bonds. The second kappa shape index (κ2) is 15.6. The number of nitrogens with one attached hydrogen (secondary N) is 1. The molecule has 0 aliphatic carbocycles. The highest BCUT2D eigenvalue weighted by Gasteiger charge is 2.34. The van der Waals surface area contributed by atoms with Gasteiger partial charge in [-0.15, -0.1) is 0 Å². The Hall–Kier alpha value is -3.95. The van der Waals surface area contributed by atoms with Crippen LogP contribution < -0.4 is 9.62 Å². The van der Waals surface area contributed by atoms with Crippen molar-refractivity contribution in [1.82, 2.24) is 10.2 Å². The SMILES string of the molecule is Cc1ccc(S(=O)(=O)N(CC(=O)N(Cc2cccc(Br)c2)C(Cc2ccccc2)C(=O)NCC(C)C)c2cc(C)cc(C)c2)cc1. The van der Waals surface area contributed by atoms with Crippen molar-refractivity contribution < 1.29 is 18.0 Å². The molecule has 0 aliphatic heterocycles. The molecule has 4 aromatic carbocycles. The molecule has 0 saturated heterocycles. The summed E-state index contributed by atoms with van der Waals surface area (Å²) >= 11 is 3.52. The third kappa shape index (κ3) is 9.30. The van der Waals surface area contributed by atoms with Crippen LogP contribution in [0.4, 0.5) is 5.69 Å². The van der Waals surface area contributed by atoms with E-state index < -0.39 is 28.5 Å². The van der Waals surface area contributed by atoms with Gasteiger partial charge in [0.05, 0.1) is 10.6 Å². The Morgan fingerprint density at radius 2 is 1.41 bits per heavy atom. The van der Waals surface area contributed by atoms with Gasteiger partial charge >= 0.3 is 0 Å². The number of rotatable bonds is 13. The van der Waals surface area contributed by atoms with Crippen LogP contribution >= 0.6 is 15.9 Å². The van der Waals surface area contributed by atoms with Crippen molar-refractivity contribution in [3.8, 4) is 0 Å². The summed E-state index contributed by atoms with van der Waals surface area (Å²) in [6.07, 6.45) is 0.263. The van der Waals surface area contributed by atoms with Gasteiger partial charge in [-0.2, -0.15) is 0 Å². The molecular formula is C37H42BrN3O4S. The monoisotopic (exact) mass is 703 g/mol. The molecule has 9 heteroatoms. The van der Waals surface area contributed by atoms with E-state index in [1.54, 1.807) is 36.4 Å². The number of aryl methyl sites for hydroxylation is 3. The normalized spacial score (nSPS) is 12.1. The van der Waals surface area contributed by atoms with E-state index in [1.807, 2.05) is 95.3 Å². The Labute approximate surface area is 281 Å². The Balaban J connectivity index is 1.82. The first-order valence-electron chi connectivity index (χ1n) is 15.4. The van der Waals surface area contributed by atoms with E-state index in [2.05, 4.69) is 21.2 Å². The summed E-state index contributed by atoms with van der Waals surface area (Å²) in [4.78, 5) is 30.1. The van der Waals surface area contributed by atoms with E-state index in [9.17, 15) is 18.0 Å². The summed E-state index contributed by atoms with van der Waals surface area (Å²) in [6, 6.07) is 28.3. The maximum absolute atomic E-state index is 14.6. The van der Waals surface area contributed by atoms with Crippen molar-refractivity contribution in [3.05, 3.63) is 129 Å². The summed E-state index contributed by atoms with van der Waals surface area (Å²) in [5.74, 6) is -0.578. The van der Waals surface area contributed by atoms with E-state index in [-0.39, 0.29) is 29.7 Å². The number of carbonyl (C=O) groups is 2. The predicted molar refractivity (Wildman–Crippen MR) is 188 cm³/mol. The molecule has 0 spiro atoms. The highest BCUT2D eigenvalue weighted by atomic mass is 79.9. The van der Waals surface area contributed by atoms with E-state index in [1.165, 1.54) is 9.21 Å². The van der Waals surface area contributed by atoms with Gasteiger partial charge in [0.1, 0.15) is 12.6 Å². The average Bonchev–Trinajstić information content (AvgIpc) is 3.00. The molecule has 0 heterocycles. The quantitative estimate of drug-likeness (QED) is 0.163. The summed E-state index contributed by atoms with van der Waals surface area (Å²) in [6.45, 7) is 9.75. The number of carbonyl (C=O) groups excluding carboxylic acids is 2. The Bertz CT molecular complexity index is 1740. The first kappa shape index (κ1) is 34.9. The van der Waals surface area contributed by atoms with Crippen LogP contribution in [0.1, 0.15) is 41.7 Å². The zero-order chi connectivity index (χ0) is 33.4. The van der Waals surface area contributed by atoms with Gasteiger partial charge in [-0.05, 0) is 85.3 Å². The standard InChI is InChI=1S/C37H42BrN3O4S/c1-26(2)23-39-37(43)35(22-30-10-7-6-8-11-30)40(24-31-12-9-13-32(38)21-31)36(42)25-41(33-19-28(4)18-29(5)20-33)46(44,45)34-16-14-27(3)15-17-34/h6-21,26,35H,22-25H2,1-5H3,(H,39,43). The molecule has 0 aromatic heterocycles. The minimum absolute atomic E-state index is 0.0825. The fourth-order valence-electron chi connectivity index (χ4n) is 5.27. The van der Waals surface area contributed by atoms with Crippen LogP contribution in [0.15, 0.2) is 106 Å². The topological polar surface area (TPSA) is 86.8 Å². The lowest BCUT2D eigenvalue weighted by Gasteiger charge is -2.34. The lowest BCUT2D eigenvalue weighted by atomic mass is 10.0. The molecule has 0 aliphatic rings. The number of sulfonamides is 1. The number of benzene rings is 4. The zero-order valence-electron chi connectivity index (χ0n) is 27.0. The van der Waals surface area contributed by atoms with Crippen molar-refractivity contribution >= 4 is 43.5 Å². The van der Waals surface area contributed by atoms with Gasteiger partial charge in [-0.3, -0.25) is 13.9 Å². The van der Waals surface area contributed by atoms with Gasteiger partial charge in [0.25, 0.3) is 10.0 Å². The third-order valence-electron chi connectivity index (χ3n) is 7.58. The van der Waals surface area contributed by atoms with Crippen LogP contribution in [-0.4, -0.2) is 44.3 Å². The lowest BCUT2D eigenvalue weighted by molar-refractivity contribution is -0.140. The fraction of sp³-hybridized carbons (Fsp3) is 0.297. The van der Waals surface area contributed by atoms with Crippen molar-refractivity contribution in [1.29, 1.82) is 0 Å². The van der Waals surface area contributed by atoms with Crippen LogP contribution in [0.3, 0.4) is 0 Å². The van der Waals surface area contributed by atoms with Crippen LogP contribution in [0.2, 0.25) is 0 Å². The highest BCUT2D eigenvalue weighted by Crippen LogP contribution is 2.27. The first-order chi connectivity index (χ1) is 21.8. The number of amides is 2. The van der Waals surface area contributed by atoms with Gasteiger partial charge in [-0.25, -0.2) is 8.42 Å². The highest BCUT2D eigenvalue weighted by molar-refractivity contribution is 9.10. The predicted octanol–water partition coefficient (Wildman–Crippen LogP) is 6.98. The number of hydrogen-bond donors (Lipinski definition) is 1. The molecule has 7 nitrogen and oxygen atoms in total. The van der Waals surface area contributed by atoms with Gasteiger partial charge in [0, 0.05) is 24.0 Å². The molecule has 4 rings (SSSR count). The number of nitrogens with zero attached hydrogens (tertiary/aromatic N) is 2. The Kier molecular flexibility index (Phi) is 11.8. The van der Waals surface area contributed by atoms with Gasteiger partial charge in [-0.1, -0.05) is 96.0 Å². The lowest BCUT2D eigenvalue weighted by Crippen LogP contribution is -2.53. The molecule has 0 saturated carbocycles. The summed E-state index contributed by atoms with van der Waals surface area (Å²) in [5, 5.41) is 3.02. The Morgan fingerprint density at radius 3 is 2.02 bits per heavy atom. The van der Waals surface area contributed by atoms with Gasteiger partial charge in [0.2, 0.25) is 11.8 Å². The van der Waals surface area contributed by atoms with Crippen LogP contribution in [0, 0.1) is 26.7 Å². The molecule has 46 heavy (non-hydrogen) atoms. The summed E-state index contributed by atoms with van der Waals surface area (Å²) < 4.78 is 30.5. The molecule has 1 N–H and O–H groups in total. The van der Waals surface area contributed by atoms with E-state index >= 15 is 0 Å². The minimum atomic E-state index is -4.16. The van der Waals surface area contributed by atoms with Gasteiger partial charge < -0.3 is 10.2 Å². The number of hydrogen-bond acceptors (Lipinski definition) is 4. The smallest absolute Gasteiger partial charge is 0.264 e. The van der Waals surface area contributed by atoms with Crippen molar-refractivity contribution in [2.75, 3.05) is 17.4 Å². The number of halogens is 1. The zero-order valence-corrected chi connectivity index (χ0v) is 29.4. The molecule has 242 valence electrons. The second-order valence-corrected chi connectivity index (χ2v) is 14.9. The van der Waals surface area contributed by atoms with E-state index in [0.29, 0.717) is 12.2 Å². The molecule has 0 bridgehead atoms. The molecular weight excluding hydrogens is 662 g/mol. The maximum atomic E-state index is 14.6. The Morgan fingerprint density at radius 1 is 0.783 bits per heavy atom. The molecule has 1 atom stereocenters. The first-order valence-corrected chi connectivity index (χ1v) is 17.6. The van der Waals surface area contributed by atoms with Crippen molar-refractivity contribution in [2.24, 2.45) is 5.92 Å².